The summed E-state index contributed by atoms with van der Waals surface area (Å²) < 4.78 is 11.1. The van der Waals surface area contributed by atoms with Gasteiger partial charge in [0.1, 0.15) is 0 Å². The van der Waals surface area contributed by atoms with Crippen molar-refractivity contribution in [2.45, 2.75) is 46.1 Å². The predicted molar refractivity (Wildman–Crippen MR) is 76.8 cm³/mol. The van der Waals surface area contributed by atoms with E-state index in [-0.39, 0.29) is 6.29 Å². The van der Waals surface area contributed by atoms with Crippen molar-refractivity contribution in [2.75, 3.05) is 19.8 Å². The molecule has 106 valence electrons. The second-order valence-corrected chi connectivity index (χ2v) is 4.96. The SMILES string of the molecule is CCOC(CCCN1Cc2ccccc2C1)OCC. The molecule has 0 N–H and O–H groups in total. The number of rotatable bonds is 8. The van der Waals surface area contributed by atoms with Crippen LogP contribution in [0, 0.1) is 0 Å². The minimum atomic E-state index is -0.0278. The lowest BCUT2D eigenvalue weighted by atomic mass is 10.1. The zero-order valence-corrected chi connectivity index (χ0v) is 12.1. The van der Waals surface area contributed by atoms with Crippen molar-refractivity contribution in [3.05, 3.63) is 35.4 Å². The van der Waals surface area contributed by atoms with Gasteiger partial charge < -0.3 is 9.47 Å². The van der Waals surface area contributed by atoms with Crippen LogP contribution in [0.1, 0.15) is 37.8 Å². The van der Waals surface area contributed by atoms with Gasteiger partial charge in [-0.15, -0.1) is 0 Å². The summed E-state index contributed by atoms with van der Waals surface area (Å²) in [5, 5.41) is 0. The van der Waals surface area contributed by atoms with Crippen LogP contribution >= 0.6 is 0 Å². The molecular formula is C16H25NO2. The first-order valence-corrected chi connectivity index (χ1v) is 7.35. The van der Waals surface area contributed by atoms with E-state index in [1.807, 2.05) is 13.8 Å². The van der Waals surface area contributed by atoms with Crippen molar-refractivity contribution in [2.24, 2.45) is 0 Å². The Morgan fingerprint density at radius 1 is 1.05 bits per heavy atom. The predicted octanol–water partition coefficient (Wildman–Crippen LogP) is 3.18. The van der Waals surface area contributed by atoms with Gasteiger partial charge in [-0.3, -0.25) is 4.90 Å². The Morgan fingerprint density at radius 2 is 1.63 bits per heavy atom. The van der Waals surface area contributed by atoms with Crippen molar-refractivity contribution < 1.29 is 9.47 Å². The first kappa shape index (κ1) is 14.5. The molecule has 0 spiro atoms. The molecule has 1 aromatic carbocycles. The standard InChI is InChI=1S/C16H25NO2/c1-3-18-16(19-4-2)10-7-11-17-12-14-8-5-6-9-15(14)13-17/h5-6,8-9,16H,3-4,7,10-13H2,1-2H3. The van der Waals surface area contributed by atoms with Crippen molar-refractivity contribution in [3.8, 4) is 0 Å². The van der Waals surface area contributed by atoms with E-state index in [0.29, 0.717) is 0 Å². The minimum absolute atomic E-state index is 0.0278. The van der Waals surface area contributed by atoms with Crippen LogP contribution in [-0.2, 0) is 22.6 Å². The molecule has 0 radical (unpaired) electrons. The van der Waals surface area contributed by atoms with Gasteiger partial charge in [0.2, 0.25) is 0 Å². The second-order valence-electron chi connectivity index (χ2n) is 4.96. The summed E-state index contributed by atoms with van der Waals surface area (Å²) in [6, 6.07) is 8.72. The van der Waals surface area contributed by atoms with Crippen molar-refractivity contribution >= 4 is 0 Å². The van der Waals surface area contributed by atoms with E-state index in [9.17, 15) is 0 Å². The fraction of sp³-hybridized carbons (Fsp3) is 0.625. The van der Waals surface area contributed by atoms with Crippen LogP contribution in [0.4, 0.5) is 0 Å². The molecule has 1 aliphatic rings. The highest BCUT2D eigenvalue weighted by atomic mass is 16.7. The number of hydrogen-bond donors (Lipinski definition) is 0. The summed E-state index contributed by atoms with van der Waals surface area (Å²) in [6.45, 7) is 8.77. The lowest BCUT2D eigenvalue weighted by Crippen LogP contribution is -2.22. The van der Waals surface area contributed by atoms with Crippen LogP contribution < -0.4 is 0 Å². The number of hydrogen-bond acceptors (Lipinski definition) is 3. The maximum atomic E-state index is 5.57. The fourth-order valence-electron chi connectivity index (χ4n) is 2.63. The molecule has 3 heteroatoms. The van der Waals surface area contributed by atoms with E-state index in [1.54, 1.807) is 0 Å². The summed E-state index contributed by atoms with van der Waals surface area (Å²) >= 11 is 0. The van der Waals surface area contributed by atoms with Crippen molar-refractivity contribution in [1.29, 1.82) is 0 Å². The third-order valence-corrected chi connectivity index (χ3v) is 3.53. The van der Waals surface area contributed by atoms with Crippen LogP contribution in [0.15, 0.2) is 24.3 Å². The molecule has 0 saturated heterocycles. The molecule has 3 nitrogen and oxygen atoms in total. The van der Waals surface area contributed by atoms with Gasteiger partial charge in [-0.2, -0.15) is 0 Å². The van der Waals surface area contributed by atoms with Gasteiger partial charge in [-0.1, -0.05) is 24.3 Å². The average Bonchev–Trinajstić information content (AvgIpc) is 2.82. The summed E-state index contributed by atoms with van der Waals surface area (Å²) in [7, 11) is 0. The quantitative estimate of drug-likeness (QED) is 0.672. The van der Waals surface area contributed by atoms with Gasteiger partial charge >= 0.3 is 0 Å². The van der Waals surface area contributed by atoms with Crippen LogP contribution in [0.5, 0.6) is 0 Å². The molecular weight excluding hydrogens is 238 g/mol. The molecule has 0 unspecified atom stereocenters. The minimum Gasteiger partial charge on any atom is -0.353 e. The molecule has 0 saturated carbocycles. The smallest absolute Gasteiger partial charge is 0.157 e. The average molecular weight is 263 g/mol. The summed E-state index contributed by atoms with van der Waals surface area (Å²) in [6.07, 6.45) is 2.08. The van der Waals surface area contributed by atoms with Crippen LogP contribution in [0.3, 0.4) is 0 Å². The summed E-state index contributed by atoms with van der Waals surface area (Å²) in [5.74, 6) is 0. The van der Waals surface area contributed by atoms with E-state index in [1.165, 1.54) is 11.1 Å². The molecule has 0 amide bonds. The van der Waals surface area contributed by atoms with Gasteiger partial charge in [0.25, 0.3) is 0 Å². The Kier molecular flexibility index (Phi) is 5.83. The van der Waals surface area contributed by atoms with Crippen LogP contribution in [0.25, 0.3) is 0 Å². The maximum Gasteiger partial charge on any atom is 0.157 e. The first-order chi connectivity index (χ1) is 9.33. The molecule has 0 fully saturated rings. The number of nitrogens with zero attached hydrogens (tertiary/aromatic N) is 1. The van der Waals surface area contributed by atoms with Gasteiger partial charge in [-0.25, -0.2) is 0 Å². The second kappa shape index (κ2) is 7.63. The Balaban J connectivity index is 1.70. The number of benzene rings is 1. The Bertz CT molecular complexity index is 350. The van der Waals surface area contributed by atoms with Gasteiger partial charge in [0.15, 0.2) is 6.29 Å². The highest BCUT2D eigenvalue weighted by Crippen LogP contribution is 2.22. The molecule has 2 rings (SSSR count). The van der Waals surface area contributed by atoms with E-state index in [4.69, 9.17) is 9.47 Å². The van der Waals surface area contributed by atoms with E-state index in [0.717, 1.165) is 45.7 Å². The molecule has 0 aromatic heterocycles. The molecule has 0 aliphatic carbocycles. The molecule has 19 heavy (non-hydrogen) atoms. The Labute approximate surface area is 116 Å². The molecule has 1 aromatic rings. The third-order valence-electron chi connectivity index (χ3n) is 3.53. The monoisotopic (exact) mass is 263 g/mol. The highest BCUT2D eigenvalue weighted by molar-refractivity contribution is 5.30. The van der Waals surface area contributed by atoms with Crippen molar-refractivity contribution in [1.82, 2.24) is 4.90 Å². The number of ether oxygens (including phenoxy) is 2. The van der Waals surface area contributed by atoms with E-state index < -0.39 is 0 Å². The van der Waals surface area contributed by atoms with Crippen molar-refractivity contribution in [3.63, 3.8) is 0 Å². The summed E-state index contributed by atoms with van der Waals surface area (Å²) in [5.41, 5.74) is 2.96. The van der Waals surface area contributed by atoms with Crippen LogP contribution in [0.2, 0.25) is 0 Å². The zero-order valence-electron chi connectivity index (χ0n) is 12.1. The lowest BCUT2D eigenvalue weighted by molar-refractivity contribution is -0.140. The largest absolute Gasteiger partial charge is 0.353 e. The van der Waals surface area contributed by atoms with Gasteiger partial charge in [0, 0.05) is 26.3 Å². The Morgan fingerprint density at radius 3 is 2.16 bits per heavy atom. The zero-order chi connectivity index (χ0) is 13.5. The Hall–Kier alpha value is -0.900. The number of fused-ring (bicyclic) bond motifs is 1. The highest BCUT2D eigenvalue weighted by Gasteiger charge is 2.18. The lowest BCUT2D eigenvalue weighted by Gasteiger charge is -2.19. The third kappa shape index (κ3) is 4.30. The molecule has 0 bridgehead atoms. The van der Waals surface area contributed by atoms with Gasteiger partial charge in [0.05, 0.1) is 0 Å². The normalized spacial score (nSPS) is 15.1. The maximum absolute atomic E-state index is 5.57. The molecule has 1 heterocycles. The van der Waals surface area contributed by atoms with Crippen LogP contribution in [-0.4, -0.2) is 30.9 Å². The van der Waals surface area contributed by atoms with E-state index in [2.05, 4.69) is 29.2 Å². The van der Waals surface area contributed by atoms with E-state index >= 15 is 0 Å². The van der Waals surface area contributed by atoms with Gasteiger partial charge in [-0.05, 0) is 44.4 Å². The summed E-state index contributed by atoms with van der Waals surface area (Å²) in [4.78, 5) is 2.50. The topological polar surface area (TPSA) is 21.7 Å². The first-order valence-electron chi connectivity index (χ1n) is 7.35. The molecule has 1 aliphatic heterocycles. The molecule has 0 atom stereocenters. The fourth-order valence-corrected chi connectivity index (χ4v) is 2.63.